The summed E-state index contributed by atoms with van der Waals surface area (Å²) in [5.74, 6) is 0.849. The summed E-state index contributed by atoms with van der Waals surface area (Å²) < 4.78 is 7.19. The number of nitrogens with two attached hydrogens (primary N) is 1. The van der Waals surface area contributed by atoms with Crippen molar-refractivity contribution >= 4 is 16.3 Å². The molecule has 18 heavy (non-hydrogen) atoms. The second kappa shape index (κ2) is 4.44. The Morgan fingerprint density at radius 1 is 1.33 bits per heavy atom. The average Bonchev–Trinajstić information content (AvgIpc) is 2.98. The Morgan fingerprint density at radius 3 is 2.78 bits per heavy atom. The van der Waals surface area contributed by atoms with Crippen LogP contribution in [0, 0.1) is 0 Å². The van der Waals surface area contributed by atoms with Crippen LogP contribution < -0.4 is 10.5 Å². The van der Waals surface area contributed by atoms with E-state index in [1.165, 1.54) is 0 Å². The fraction of sp³-hybridized carbons (Fsp3) is 0.154. The van der Waals surface area contributed by atoms with Gasteiger partial charge in [-0.2, -0.15) is 0 Å². The fourth-order valence-electron chi connectivity index (χ4n) is 1.88. The Morgan fingerprint density at radius 2 is 2.11 bits per heavy atom. The number of aromatic nitrogens is 2. The molecular formula is C13H13N3OS. The van der Waals surface area contributed by atoms with Crippen molar-refractivity contribution in [3.8, 4) is 17.0 Å². The van der Waals surface area contributed by atoms with Crippen LogP contribution in [0.25, 0.3) is 16.2 Å². The van der Waals surface area contributed by atoms with Crippen molar-refractivity contribution in [3.63, 3.8) is 0 Å². The monoisotopic (exact) mass is 259 g/mol. The third-order valence-electron chi connectivity index (χ3n) is 2.88. The first kappa shape index (κ1) is 11.3. The van der Waals surface area contributed by atoms with Gasteiger partial charge in [0.05, 0.1) is 12.8 Å². The second-order valence-corrected chi connectivity index (χ2v) is 4.77. The summed E-state index contributed by atoms with van der Waals surface area (Å²) in [5, 5.41) is 2.04. The van der Waals surface area contributed by atoms with Gasteiger partial charge in [-0.15, -0.1) is 11.3 Å². The topological polar surface area (TPSA) is 52.5 Å². The lowest BCUT2D eigenvalue weighted by Crippen LogP contribution is -1.98. The third kappa shape index (κ3) is 1.77. The standard InChI is InChI=1S/C13H13N3OS/c1-17-11-4-2-9(3-5-11)12-7-16-10(6-14)8-18-13(16)15-12/h2-5,7-8H,6,14H2,1H3. The molecule has 2 heterocycles. The van der Waals surface area contributed by atoms with Crippen molar-refractivity contribution < 1.29 is 4.74 Å². The highest BCUT2D eigenvalue weighted by Crippen LogP contribution is 2.25. The molecule has 3 aromatic rings. The van der Waals surface area contributed by atoms with Crippen LogP contribution in [-0.4, -0.2) is 16.5 Å². The summed E-state index contributed by atoms with van der Waals surface area (Å²) in [7, 11) is 1.66. The summed E-state index contributed by atoms with van der Waals surface area (Å²) >= 11 is 1.61. The highest BCUT2D eigenvalue weighted by molar-refractivity contribution is 7.15. The zero-order chi connectivity index (χ0) is 12.5. The maximum Gasteiger partial charge on any atom is 0.194 e. The molecule has 0 bridgehead atoms. The van der Waals surface area contributed by atoms with Crippen molar-refractivity contribution in [2.24, 2.45) is 5.73 Å². The maximum absolute atomic E-state index is 5.69. The minimum atomic E-state index is 0.526. The second-order valence-electron chi connectivity index (χ2n) is 3.94. The molecule has 0 unspecified atom stereocenters. The fourth-order valence-corrected chi connectivity index (χ4v) is 2.76. The molecule has 3 rings (SSSR count). The Kier molecular flexibility index (Phi) is 2.77. The maximum atomic E-state index is 5.69. The molecule has 0 amide bonds. The van der Waals surface area contributed by atoms with Gasteiger partial charge in [-0.3, -0.25) is 4.40 Å². The molecule has 2 N–H and O–H groups in total. The van der Waals surface area contributed by atoms with Crippen LogP contribution in [0.5, 0.6) is 5.75 Å². The molecule has 0 saturated carbocycles. The molecule has 0 aliphatic heterocycles. The molecule has 4 nitrogen and oxygen atoms in total. The molecule has 0 spiro atoms. The molecule has 0 aliphatic rings. The average molecular weight is 259 g/mol. The Bertz CT molecular complexity index is 669. The molecule has 0 atom stereocenters. The summed E-state index contributed by atoms with van der Waals surface area (Å²) in [4.78, 5) is 5.57. The van der Waals surface area contributed by atoms with Gasteiger partial charge in [0.15, 0.2) is 4.96 Å². The van der Waals surface area contributed by atoms with E-state index < -0.39 is 0 Å². The molecule has 1 aromatic carbocycles. The lowest BCUT2D eigenvalue weighted by atomic mass is 10.2. The van der Waals surface area contributed by atoms with Crippen LogP contribution >= 0.6 is 11.3 Å². The van der Waals surface area contributed by atoms with E-state index in [-0.39, 0.29) is 0 Å². The number of hydrogen-bond acceptors (Lipinski definition) is 4. The van der Waals surface area contributed by atoms with Crippen LogP contribution in [0.2, 0.25) is 0 Å². The van der Waals surface area contributed by atoms with Gasteiger partial charge in [0.25, 0.3) is 0 Å². The van der Waals surface area contributed by atoms with Crippen LogP contribution in [0.15, 0.2) is 35.8 Å². The van der Waals surface area contributed by atoms with Crippen LogP contribution in [0.4, 0.5) is 0 Å². The predicted molar refractivity (Wildman–Crippen MR) is 72.9 cm³/mol. The van der Waals surface area contributed by atoms with Crippen molar-refractivity contribution in [3.05, 3.63) is 41.5 Å². The Balaban J connectivity index is 2.04. The minimum absolute atomic E-state index is 0.526. The van der Waals surface area contributed by atoms with Gasteiger partial charge < -0.3 is 10.5 Å². The molecule has 2 aromatic heterocycles. The molecular weight excluding hydrogens is 246 g/mol. The number of nitrogens with zero attached hydrogens (tertiary/aromatic N) is 2. The van der Waals surface area contributed by atoms with E-state index in [0.29, 0.717) is 6.54 Å². The normalized spacial score (nSPS) is 11.0. The van der Waals surface area contributed by atoms with E-state index in [9.17, 15) is 0 Å². The number of fused-ring (bicyclic) bond motifs is 1. The number of benzene rings is 1. The van der Waals surface area contributed by atoms with E-state index in [1.807, 2.05) is 40.2 Å². The Labute approximate surface area is 109 Å². The van der Waals surface area contributed by atoms with Gasteiger partial charge in [-0.05, 0) is 24.3 Å². The summed E-state index contributed by atoms with van der Waals surface area (Å²) in [6, 6.07) is 7.89. The lowest BCUT2D eigenvalue weighted by molar-refractivity contribution is 0.415. The summed E-state index contributed by atoms with van der Waals surface area (Å²) in [6.45, 7) is 0.526. The van der Waals surface area contributed by atoms with E-state index in [4.69, 9.17) is 10.5 Å². The largest absolute Gasteiger partial charge is 0.497 e. The highest BCUT2D eigenvalue weighted by Gasteiger charge is 2.08. The number of ether oxygens (including phenoxy) is 1. The van der Waals surface area contributed by atoms with E-state index in [1.54, 1.807) is 18.4 Å². The van der Waals surface area contributed by atoms with Gasteiger partial charge in [-0.1, -0.05) is 0 Å². The molecule has 0 aliphatic carbocycles. The quantitative estimate of drug-likeness (QED) is 0.786. The first-order valence-electron chi connectivity index (χ1n) is 5.62. The number of methoxy groups -OCH3 is 1. The van der Waals surface area contributed by atoms with Crippen molar-refractivity contribution in [1.29, 1.82) is 0 Å². The van der Waals surface area contributed by atoms with Gasteiger partial charge in [0, 0.05) is 29.4 Å². The zero-order valence-corrected chi connectivity index (χ0v) is 10.8. The first-order chi connectivity index (χ1) is 8.81. The Hall–Kier alpha value is -1.85. The van der Waals surface area contributed by atoms with Crippen LogP contribution in [0.1, 0.15) is 5.69 Å². The van der Waals surface area contributed by atoms with Crippen LogP contribution in [-0.2, 0) is 6.54 Å². The molecule has 0 saturated heterocycles. The number of hydrogen-bond donors (Lipinski definition) is 1. The van der Waals surface area contributed by atoms with E-state index in [2.05, 4.69) is 4.98 Å². The number of imidazole rings is 1. The lowest BCUT2D eigenvalue weighted by Gasteiger charge is -2.00. The van der Waals surface area contributed by atoms with E-state index >= 15 is 0 Å². The van der Waals surface area contributed by atoms with Gasteiger partial charge in [0.1, 0.15) is 5.75 Å². The van der Waals surface area contributed by atoms with Gasteiger partial charge in [-0.25, -0.2) is 4.98 Å². The van der Waals surface area contributed by atoms with Gasteiger partial charge >= 0.3 is 0 Å². The summed E-state index contributed by atoms with van der Waals surface area (Å²) in [5.41, 5.74) is 8.81. The first-order valence-corrected chi connectivity index (χ1v) is 6.49. The van der Waals surface area contributed by atoms with Crippen molar-refractivity contribution in [2.75, 3.05) is 7.11 Å². The smallest absolute Gasteiger partial charge is 0.194 e. The zero-order valence-electron chi connectivity index (χ0n) is 9.96. The highest BCUT2D eigenvalue weighted by atomic mass is 32.1. The van der Waals surface area contributed by atoms with Gasteiger partial charge in [0.2, 0.25) is 0 Å². The van der Waals surface area contributed by atoms with Crippen LogP contribution in [0.3, 0.4) is 0 Å². The molecule has 0 radical (unpaired) electrons. The van der Waals surface area contributed by atoms with Crippen molar-refractivity contribution in [2.45, 2.75) is 6.54 Å². The third-order valence-corrected chi connectivity index (χ3v) is 3.77. The minimum Gasteiger partial charge on any atom is -0.497 e. The summed E-state index contributed by atoms with van der Waals surface area (Å²) in [6.07, 6.45) is 2.02. The van der Waals surface area contributed by atoms with Crippen molar-refractivity contribution in [1.82, 2.24) is 9.38 Å². The molecule has 92 valence electrons. The van der Waals surface area contributed by atoms with E-state index in [0.717, 1.165) is 27.7 Å². The molecule has 5 heteroatoms. The SMILES string of the molecule is COc1ccc(-c2cn3c(CN)csc3n2)cc1. The number of rotatable bonds is 3. The molecule has 0 fully saturated rings. The predicted octanol–water partition coefficient (Wildman–Crippen LogP) is 2.53. The number of thiazole rings is 1.